The fraction of sp³-hybridized carbons (Fsp3) is 0.571. The van der Waals surface area contributed by atoms with Gasteiger partial charge in [-0.15, -0.1) is 0 Å². The third-order valence-electron chi connectivity index (χ3n) is 3.44. The summed E-state index contributed by atoms with van der Waals surface area (Å²) >= 11 is 3.48. The third-order valence-corrected chi connectivity index (χ3v) is 3.97. The molecular formula is C14H20BrN. The first kappa shape index (κ1) is 12.1. The van der Waals surface area contributed by atoms with Gasteiger partial charge in [0, 0.05) is 10.5 Å². The van der Waals surface area contributed by atoms with Crippen molar-refractivity contribution < 1.29 is 0 Å². The second kappa shape index (κ2) is 5.83. The number of hydrogen-bond acceptors (Lipinski definition) is 1. The minimum Gasteiger partial charge on any atom is -0.314 e. The van der Waals surface area contributed by atoms with E-state index in [0.717, 1.165) is 12.0 Å². The summed E-state index contributed by atoms with van der Waals surface area (Å²) in [6, 6.07) is 9.55. The Hall–Kier alpha value is -0.340. The average molecular weight is 282 g/mol. The first-order chi connectivity index (χ1) is 7.79. The average Bonchev–Trinajstić information content (AvgIpc) is 2.23. The van der Waals surface area contributed by atoms with Crippen molar-refractivity contribution in [3.05, 3.63) is 34.3 Å². The number of rotatable bonds is 5. The van der Waals surface area contributed by atoms with Crippen LogP contribution >= 0.6 is 15.9 Å². The summed E-state index contributed by atoms with van der Waals surface area (Å²) in [6.07, 6.45) is 5.21. The monoisotopic (exact) mass is 281 g/mol. The SMILES string of the molecule is CCCCNC1CC(c2ccc(Br)cc2)C1. The van der Waals surface area contributed by atoms with E-state index in [1.165, 1.54) is 42.3 Å². The molecule has 1 aromatic rings. The van der Waals surface area contributed by atoms with Gasteiger partial charge in [-0.05, 0) is 49.4 Å². The van der Waals surface area contributed by atoms with Crippen molar-refractivity contribution in [2.75, 3.05) is 6.54 Å². The van der Waals surface area contributed by atoms with Gasteiger partial charge in [0.2, 0.25) is 0 Å². The van der Waals surface area contributed by atoms with E-state index in [4.69, 9.17) is 0 Å². The lowest BCUT2D eigenvalue weighted by Gasteiger charge is -2.36. The molecule has 16 heavy (non-hydrogen) atoms. The maximum atomic E-state index is 3.62. The van der Waals surface area contributed by atoms with E-state index in [9.17, 15) is 0 Å². The van der Waals surface area contributed by atoms with Crippen LogP contribution in [0.1, 0.15) is 44.1 Å². The second-order valence-electron chi connectivity index (χ2n) is 4.72. The topological polar surface area (TPSA) is 12.0 Å². The fourth-order valence-electron chi connectivity index (χ4n) is 2.27. The number of halogens is 1. The summed E-state index contributed by atoms with van der Waals surface area (Å²) in [5, 5.41) is 3.62. The van der Waals surface area contributed by atoms with E-state index in [1.807, 2.05) is 0 Å². The summed E-state index contributed by atoms with van der Waals surface area (Å²) in [5.41, 5.74) is 1.50. The molecule has 88 valence electrons. The van der Waals surface area contributed by atoms with Gasteiger partial charge in [0.15, 0.2) is 0 Å². The van der Waals surface area contributed by atoms with E-state index < -0.39 is 0 Å². The molecule has 0 spiro atoms. The minimum absolute atomic E-state index is 0.764. The van der Waals surface area contributed by atoms with Crippen molar-refractivity contribution in [1.82, 2.24) is 5.32 Å². The van der Waals surface area contributed by atoms with Crippen LogP contribution in [0.15, 0.2) is 28.7 Å². The first-order valence-corrected chi connectivity index (χ1v) is 7.07. The van der Waals surface area contributed by atoms with Crippen molar-refractivity contribution in [2.45, 2.75) is 44.6 Å². The molecular weight excluding hydrogens is 262 g/mol. The molecule has 0 radical (unpaired) electrons. The van der Waals surface area contributed by atoms with Crippen LogP contribution in [-0.4, -0.2) is 12.6 Å². The Morgan fingerprint density at radius 2 is 1.94 bits per heavy atom. The Kier molecular flexibility index (Phi) is 4.42. The lowest BCUT2D eigenvalue weighted by atomic mass is 9.76. The Morgan fingerprint density at radius 1 is 1.25 bits per heavy atom. The zero-order valence-electron chi connectivity index (χ0n) is 9.88. The lowest BCUT2D eigenvalue weighted by molar-refractivity contribution is 0.290. The highest BCUT2D eigenvalue weighted by Crippen LogP contribution is 2.37. The van der Waals surface area contributed by atoms with Gasteiger partial charge in [0.25, 0.3) is 0 Å². The molecule has 2 heteroatoms. The molecule has 1 nitrogen and oxygen atoms in total. The van der Waals surface area contributed by atoms with E-state index >= 15 is 0 Å². The van der Waals surface area contributed by atoms with Crippen LogP contribution in [0, 0.1) is 0 Å². The van der Waals surface area contributed by atoms with Crippen LogP contribution in [0.4, 0.5) is 0 Å². The second-order valence-corrected chi connectivity index (χ2v) is 5.64. The molecule has 0 aromatic heterocycles. The van der Waals surface area contributed by atoms with Gasteiger partial charge < -0.3 is 5.32 Å². The molecule has 0 bridgehead atoms. The molecule has 1 N–H and O–H groups in total. The fourth-order valence-corrected chi connectivity index (χ4v) is 2.54. The Bertz CT molecular complexity index is 314. The first-order valence-electron chi connectivity index (χ1n) is 6.28. The summed E-state index contributed by atoms with van der Waals surface area (Å²) in [7, 11) is 0. The molecule has 1 aliphatic rings. The van der Waals surface area contributed by atoms with Crippen LogP contribution < -0.4 is 5.32 Å². The van der Waals surface area contributed by atoms with Crippen LogP contribution in [0.3, 0.4) is 0 Å². The Labute approximate surface area is 107 Å². The number of hydrogen-bond donors (Lipinski definition) is 1. The van der Waals surface area contributed by atoms with Crippen LogP contribution in [0.5, 0.6) is 0 Å². The number of benzene rings is 1. The van der Waals surface area contributed by atoms with Crippen molar-refractivity contribution >= 4 is 15.9 Å². The number of nitrogens with one attached hydrogen (secondary N) is 1. The maximum absolute atomic E-state index is 3.62. The zero-order valence-corrected chi connectivity index (χ0v) is 11.5. The van der Waals surface area contributed by atoms with Crippen molar-refractivity contribution in [3.63, 3.8) is 0 Å². The summed E-state index contributed by atoms with van der Waals surface area (Å²) in [4.78, 5) is 0. The van der Waals surface area contributed by atoms with Gasteiger partial charge in [-0.1, -0.05) is 41.4 Å². The predicted octanol–water partition coefficient (Wildman–Crippen LogP) is 4.08. The molecule has 0 atom stereocenters. The molecule has 0 amide bonds. The quantitative estimate of drug-likeness (QED) is 0.802. The highest BCUT2D eigenvalue weighted by atomic mass is 79.9. The number of unbranched alkanes of at least 4 members (excludes halogenated alkanes) is 1. The van der Waals surface area contributed by atoms with Crippen molar-refractivity contribution in [3.8, 4) is 0 Å². The highest BCUT2D eigenvalue weighted by Gasteiger charge is 2.29. The zero-order chi connectivity index (χ0) is 11.4. The van der Waals surface area contributed by atoms with Crippen LogP contribution in [0.25, 0.3) is 0 Å². The normalized spacial score (nSPS) is 24.1. The third kappa shape index (κ3) is 3.08. The lowest BCUT2D eigenvalue weighted by Crippen LogP contribution is -2.40. The molecule has 0 saturated heterocycles. The Morgan fingerprint density at radius 3 is 2.56 bits per heavy atom. The van der Waals surface area contributed by atoms with E-state index in [2.05, 4.69) is 52.4 Å². The molecule has 0 unspecified atom stereocenters. The van der Waals surface area contributed by atoms with Gasteiger partial charge in [-0.2, -0.15) is 0 Å². The molecule has 1 saturated carbocycles. The predicted molar refractivity (Wildman–Crippen MR) is 72.8 cm³/mol. The van der Waals surface area contributed by atoms with E-state index in [1.54, 1.807) is 0 Å². The van der Waals surface area contributed by atoms with Crippen LogP contribution in [-0.2, 0) is 0 Å². The van der Waals surface area contributed by atoms with Gasteiger partial charge in [0.05, 0.1) is 0 Å². The standard InChI is InChI=1S/C14H20BrN/c1-2-3-8-16-14-9-12(10-14)11-4-6-13(15)7-5-11/h4-7,12,14,16H,2-3,8-10H2,1H3. The summed E-state index contributed by atoms with van der Waals surface area (Å²) in [5.74, 6) is 0.784. The molecule has 0 heterocycles. The molecule has 2 rings (SSSR count). The van der Waals surface area contributed by atoms with Gasteiger partial charge in [0.1, 0.15) is 0 Å². The van der Waals surface area contributed by atoms with Gasteiger partial charge in [-0.25, -0.2) is 0 Å². The molecule has 0 aliphatic heterocycles. The Balaban J connectivity index is 1.73. The molecule has 1 aromatic carbocycles. The molecule has 1 fully saturated rings. The van der Waals surface area contributed by atoms with Crippen molar-refractivity contribution in [2.24, 2.45) is 0 Å². The van der Waals surface area contributed by atoms with Crippen molar-refractivity contribution in [1.29, 1.82) is 0 Å². The largest absolute Gasteiger partial charge is 0.314 e. The summed E-state index contributed by atoms with van der Waals surface area (Å²) in [6.45, 7) is 3.43. The van der Waals surface area contributed by atoms with Gasteiger partial charge in [-0.3, -0.25) is 0 Å². The smallest absolute Gasteiger partial charge is 0.0175 e. The maximum Gasteiger partial charge on any atom is 0.0175 e. The van der Waals surface area contributed by atoms with Gasteiger partial charge >= 0.3 is 0 Å². The van der Waals surface area contributed by atoms with E-state index in [0.29, 0.717) is 0 Å². The minimum atomic E-state index is 0.764. The van der Waals surface area contributed by atoms with Crippen LogP contribution in [0.2, 0.25) is 0 Å². The molecule has 1 aliphatic carbocycles. The summed E-state index contributed by atoms with van der Waals surface area (Å²) < 4.78 is 1.17. The highest BCUT2D eigenvalue weighted by molar-refractivity contribution is 9.10. The van der Waals surface area contributed by atoms with E-state index in [-0.39, 0.29) is 0 Å².